The van der Waals surface area contributed by atoms with Crippen molar-refractivity contribution in [1.29, 1.82) is 0 Å². The highest BCUT2D eigenvalue weighted by Gasteiger charge is 2.10. The molecule has 1 amide bonds. The molecule has 118 valence electrons. The van der Waals surface area contributed by atoms with E-state index >= 15 is 0 Å². The number of amides is 1. The van der Waals surface area contributed by atoms with Crippen LogP contribution >= 0.6 is 0 Å². The van der Waals surface area contributed by atoms with Gasteiger partial charge < -0.3 is 5.32 Å². The SMILES string of the molecule is CCCCS(=O)(=O)NCc1cccc(NC(=O)C(C)C)c1. The topological polar surface area (TPSA) is 75.3 Å². The third-order valence-corrected chi connectivity index (χ3v) is 4.39. The molecular weight excluding hydrogens is 288 g/mol. The number of benzene rings is 1. The molecule has 0 spiro atoms. The van der Waals surface area contributed by atoms with Crippen molar-refractivity contribution in [2.75, 3.05) is 11.1 Å². The first-order valence-electron chi connectivity index (χ1n) is 7.21. The maximum Gasteiger partial charge on any atom is 0.226 e. The summed E-state index contributed by atoms with van der Waals surface area (Å²) in [6.07, 6.45) is 1.50. The van der Waals surface area contributed by atoms with E-state index in [0.717, 1.165) is 12.0 Å². The second-order valence-electron chi connectivity index (χ2n) is 5.34. The molecule has 0 aliphatic heterocycles. The Bertz CT molecular complexity index is 568. The maximum atomic E-state index is 11.7. The third kappa shape index (κ3) is 6.73. The van der Waals surface area contributed by atoms with E-state index in [1.54, 1.807) is 18.2 Å². The molecular formula is C15H24N2O3S. The Morgan fingerprint density at radius 1 is 1.29 bits per heavy atom. The van der Waals surface area contributed by atoms with Gasteiger partial charge in [0, 0.05) is 18.2 Å². The van der Waals surface area contributed by atoms with Crippen LogP contribution in [0.2, 0.25) is 0 Å². The molecule has 0 heterocycles. The zero-order valence-corrected chi connectivity index (χ0v) is 13.7. The Balaban J connectivity index is 2.63. The standard InChI is InChI=1S/C15H24N2O3S/c1-4-5-9-21(19,20)16-11-13-7-6-8-14(10-13)17-15(18)12(2)3/h6-8,10,12,16H,4-5,9,11H2,1-3H3,(H,17,18). The highest BCUT2D eigenvalue weighted by atomic mass is 32.2. The molecule has 5 nitrogen and oxygen atoms in total. The van der Waals surface area contributed by atoms with Gasteiger partial charge >= 0.3 is 0 Å². The quantitative estimate of drug-likeness (QED) is 0.774. The molecule has 1 rings (SSSR count). The number of carbonyl (C=O) groups excluding carboxylic acids is 1. The predicted molar refractivity (Wildman–Crippen MR) is 85.4 cm³/mol. The van der Waals surface area contributed by atoms with Crippen molar-refractivity contribution in [1.82, 2.24) is 4.72 Å². The fourth-order valence-electron chi connectivity index (χ4n) is 1.65. The number of carbonyl (C=O) groups is 1. The summed E-state index contributed by atoms with van der Waals surface area (Å²) in [5.41, 5.74) is 1.50. The molecule has 0 fully saturated rings. The van der Waals surface area contributed by atoms with E-state index in [4.69, 9.17) is 0 Å². The molecule has 21 heavy (non-hydrogen) atoms. The minimum atomic E-state index is -3.23. The highest BCUT2D eigenvalue weighted by Crippen LogP contribution is 2.12. The normalized spacial score (nSPS) is 11.6. The molecule has 0 radical (unpaired) electrons. The Kier molecular flexibility index (Phi) is 6.84. The summed E-state index contributed by atoms with van der Waals surface area (Å²) < 4.78 is 26.0. The molecule has 0 aliphatic carbocycles. The van der Waals surface area contributed by atoms with Crippen LogP contribution in [-0.4, -0.2) is 20.1 Å². The molecule has 0 saturated heterocycles. The number of sulfonamides is 1. The Morgan fingerprint density at radius 3 is 2.62 bits per heavy atom. The van der Waals surface area contributed by atoms with Crippen LogP contribution in [0.4, 0.5) is 5.69 Å². The minimum absolute atomic E-state index is 0.0596. The lowest BCUT2D eigenvalue weighted by molar-refractivity contribution is -0.118. The molecule has 1 aromatic carbocycles. The summed E-state index contributed by atoms with van der Waals surface area (Å²) in [4.78, 5) is 11.6. The fourth-order valence-corrected chi connectivity index (χ4v) is 2.85. The van der Waals surface area contributed by atoms with Crippen molar-refractivity contribution in [2.45, 2.75) is 40.2 Å². The number of hydrogen-bond acceptors (Lipinski definition) is 3. The van der Waals surface area contributed by atoms with Crippen LogP contribution < -0.4 is 10.0 Å². The molecule has 6 heteroatoms. The van der Waals surface area contributed by atoms with E-state index in [9.17, 15) is 13.2 Å². The largest absolute Gasteiger partial charge is 0.326 e. The highest BCUT2D eigenvalue weighted by molar-refractivity contribution is 7.89. The van der Waals surface area contributed by atoms with E-state index in [2.05, 4.69) is 10.0 Å². The first kappa shape index (κ1) is 17.7. The molecule has 0 aromatic heterocycles. The van der Waals surface area contributed by atoms with E-state index in [0.29, 0.717) is 12.1 Å². The van der Waals surface area contributed by atoms with E-state index < -0.39 is 10.0 Å². The molecule has 0 unspecified atom stereocenters. The van der Waals surface area contributed by atoms with Crippen LogP contribution in [0.3, 0.4) is 0 Å². The van der Waals surface area contributed by atoms with E-state index in [1.165, 1.54) is 0 Å². The minimum Gasteiger partial charge on any atom is -0.326 e. The number of nitrogens with one attached hydrogen (secondary N) is 2. The second-order valence-corrected chi connectivity index (χ2v) is 7.26. The van der Waals surface area contributed by atoms with Crippen LogP contribution in [0.1, 0.15) is 39.2 Å². The van der Waals surface area contributed by atoms with Gasteiger partial charge in [-0.15, -0.1) is 0 Å². The number of hydrogen-bond donors (Lipinski definition) is 2. The molecule has 2 N–H and O–H groups in total. The van der Waals surface area contributed by atoms with Gasteiger partial charge in [-0.3, -0.25) is 4.79 Å². The molecule has 0 atom stereocenters. The van der Waals surface area contributed by atoms with Gasteiger partial charge in [0.05, 0.1) is 5.75 Å². The van der Waals surface area contributed by atoms with Gasteiger partial charge in [0.2, 0.25) is 15.9 Å². The van der Waals surface area contributed by atoms with Gasteiger partial charge in [-0.2, -0.15) is 0 Å². The van der Waals surface area contributed by atoms with Crippen molar-refractivity contribution in [3.63, 3.8) is 0 Å². The smallest absolute Gasteiger partial charge is 0.226 e. The zero-order chi connectivity index (χ0) is 15.9. The third-order valence-electron chi connectivity index (χ3n) is 2.98. The average Bonchev–Trinajstić information content (AvgIpc) is 2.43. The lowest BCUT2D eigenvalue weighted by Gasteiger charge is -2.10. The second kappa shape index (κ2) is 8.14. The van der Waals surface area contributed by atoms with Gasteiger partial charge in [-0.05, 0) is 24.1 Å². The van der Waals surface area contributed by atoms with Gasteiger partial charge in [-0.25, -0.2) is 13.1 Å². The van der Waals surface area contributed by atoms with Crippen LogP contribution in [0.25, 0.3) is 0 Å². The number of unbranched alkanes of at least 4 members (excludes halogenated alkanes) is 1. The summed E-state index contributed by atoms with van der Waals surface area (Å²) in [7, 11) is -3.23. The summed E-state index contributed by atoms with van der Waals surface area (Å²) in [6.45, 7) is 5.83. The van der Waals surface area contributed by atoms with E-state index in [-0.39, 0.29) is 24.1 Å². The summed E-state index contributed by atoms with van der Waals surface area (Å²) in [5.74, 6) is -0.00956. The van der Waals surface area contributed by atoms with Crippen LogP contribution in [0.15, 0.2) is 24.3 Å². The lowest BCUT2D eigenvalue weighted by atomic mass is 10.1. The molecule has 0 bridgehead atoms. The Morgan fingerprint density at radius 2 is 2.00 bits per heavy atom. The monoisotopic (exact) mass is 312 g/mol. The van der Waals surface area contributed by atoms with Crippen molar-refractivity contribution < 1.29 is 13.2 Å². The lowest BCUT2D eigenvalue weighted by Crippen LogP contribution is -2.26. The molecule has 0 saturated carbocycles. The number of rotatable bonds is 8. The Hall–Kier alpha value is -1.40. The van der Waals surface area contributed by atoms with Crippen LogP contribution in [0, 0.1) is 5.92 Å². The molecule has 0 aliphatic rings. The first-order valence-corrected chi connectivity index (χ1v) is 8.86. The van der Waals surface area contributed by atoms with Gasteiger partial charge in [-0.1, -0.05) is 39.3 Å². The van der Waals surface area contributed by atoms with Gasteiger partial charge in [0.1, 0.15) is 0 Å². The summed E-state index contributed by atoms with van der Waals surface area (Å²) in [5, 5.41) is 2.80. The average molecular weight is 312 g/mol. The van der Waals surface area contributed by atoms with Crippen LogP contribution in [0.5, 0.6) is 0 Å². The van der Waals surface area contributed by atoms with Crippen LogP contribution in [-0.2, 0) is 21.4 Å². The van der Waals surface area contributed by atoms with Gasteiger partial charge in [0.25, 0.3) is 0 Å². The van der Waals surface area contributed by atoms with Crippen molar-refractivity contribution >= 4 is 21.6 Å². The first-order chi connectivity index (χ1) is 9.84. The predicted octanol–water partition coefficient (Wildman–Crippen LogP) is 2.50. The van der Waals surface area contributed by atoms with Crippen molar-refractivity contribution in [3.05, 3.63) is 29.8 Å². The summed E-state index contributed by atoms with van der Waals surface area (Å²) >= 11 is 0. The zero-order valence-electron chi connectivity index (χ0n) is 12.8. The van der Waals surface area contributed by atoms with E-state index in [1.807, 2.05) is 26.8 Å². The Labute approximate surface area is 127 Å². The van der Waals surface area contributed by atoms with Gasteiger partial charge in [0.15, 0.2) is 0 Å². The maximum absolute atomic E-state index is 11.7. The number of anilines is 1. The van der Waals surface area contributed by atoms with Crippen molar-refractivity contribution in [2.24, 2.45) is 5.92 Å². The fraction of sp³-hybridized carbons (Fsp3) is 0.533. The van der Waals surface area contributed by atoms with Crippen molar-refractivity contribution in [3.8, 4) is 0 Å². The summed E-state index contributed by atoms with van der Waals surface area (Å²) in [6, 6.07) is 7.19. The molecule has 1 aromatic rings.